The van der Waals surface area contributed by atoms with Crippen LogP contribution in [0.25, 0.3) is 0 Å². The van der Waals surface area contributed by atoms with Gasteiger partial charge >= 0.3 is 5.97 Å². The van der Waals surface area contributed by atoms with Crippen LogP contribution in [0.3, 0.4) is 0 Å². The quantitative estimate of drug-likeness (QED) is 0.475. The van der Waals surface area contributed by atoms with Gasteiger partial charge in [-0.05, 0) is 89.7 Å². The maximum absolute atomic E-state index is 12.5. The van der Waals surface area contributed by atoms with Crippen LogP contribution < -0.4 is 5.32 Å². The highest BCUT2D eigenvalue weighted by Gasteiger charge is 2.36. The molecule has 21 heavy (non-hydrogen) atoms. The summed E-state index contributed by atoms with van der Waals surface area (Å²) >= 11 is 4.17. The molecular weight excluding hydrogens is 496 g/mol. The summed E-state index contributed by atoms with van der Waals surface area (Å²) in [5.74, 6) is -0.402. The molecule has 1 saturated heterocycles. The van der Waals surface area contributed by atoms with Crippen molar-refractivity contribution in [1.29, 1.82) is 0 Å². The first kappa shape index (κ1) is 17.3. The van der Waals surface area contributed by atoms with E-state index in [1.54, 1.807) is 6.07 Å². The van der Waals surface area contributed by atoms with Crippen LogP contribution in [0, 0.1) is 7.14 Å². The lowest BCUT2D eigenvalue weighted by Gasteiger charge is -2.37. The van der Waals surface area contributed by atoms with Gasteiger partial charge < -0.3 is 15.2 Å². The summed E-state index contributed by atoms with van der Waals surface area (Å²) in [6.45, 7) is 3.83. The molecule has 1 aromatic carbocycles. The summed E-state index contributed by atoms with van der Waals surface area (Å²) in [5, 5.41) is 13.4. The van der Waals surface area contributed by atoms with Crippen LogP contribution in [0.2, 0.25) is 0 Å². The summed E-state index contributed by atoms with van der Waals surface area (Å²) in [6, 6.07) is 3.51. The first-order valence-electron chi connectivity index (χ1n) is 7.09. The number of halogens is 2. The van der Waals surface area contributed by atoms with Crippen molar-refractivity contribution in [1.82, 2.24) is 5.32 Å². The molecule has 0 aliphatic carbocycles. The summed E-state index contributed by atoms with van der Waals surface area (Å²) in [6.07, 6.45) is 3.49. The number of carbonyl (C=O) groups is 1. The highest BCUT2D eigenvalue weighted by Crippen LogP contribution is 2.33. The number of phenolic OH excluding ortho intramolecular Hbond substituents is 1. The predicted octanol–water partition coefficient (Wildman–Crippen LogP) is 3.68. The highest BCUT2D eigenvalue weighted by atomic mass is 127. The Morgan fingerprint density at radius 1 is 1.38 bits per heavy atom. The lowest BCUT2D eigenvalue weighted by Crippen LogP contribution is -2.45. The van der Waals surface area contributed by atoms with Gasteiger partial charge in [0.15, 0.2) is 0 Å². The number of hydrogen-bond acceptors (Lipinski definition) is 4. The number of esters is 1. The first-order valence-corrected chi connectivity index (χ1v) is 9.25. The number of rotatable bonds is 4. The van der Waals surface area contributed by atoms with Crippen LogP contribution in [0.5, 0.6) is 5.75 Å². The van der Waals surface area contributed by atoms with Crippen molar-refractivity contribution in [2.45, 2.75) is 38.2 Å². The van der Waals surface area contributed by atoms with Crippen LogP contribution >= 0.6 is 45.2 Å². The maximum atomic E-state index is 12.5. The number of ether oxygens (including phenoxy) is 1. The van der Waals surface area contributed by atoms with Gasteiger partial charge in [0.2, 0.25) is 0 Å². The molecular formula is C15H19I2NO3. The van der Waals surface area contributed by atoms with Crippen LogP contribution in [0.1, 0.15) is 43.0 Å². The molecule has 0 aromatic heterocycles. The Kier molecular flexibility index (Phi) is 6.13. The van der Waals surface area contributed by atoms with Crippen molar-refractivity contribution in [2.75, 3.05) is 13.1 Å². The number of benzene rings is 1. The minimum Gasteiger partial charge on any atom is -0.506 e. The van der Waals surface area contributed by atoms with Crippen molar-refractivity contribution in [3.8, 4) is 5.75 Å². The number of carbonyl (C=O) groups excluding carboxylic acids is 1. The van der Waals surface area contributed by atoms with Gasteiger partial charge in [0, 0.05) is 3.57 Å². The van der Waals surface area contributed by atoms with Crippen molar-refractivity contribution in [3.63, 3.8) is 0 Å². The Labute approximate surface area is 152 Å². The fourth-order valence-corrected chi connectivity index (χ4v) is 4.56. The normalized spacial score (nSPS) is 17.5. The number of hydrogen-bond donors (Lipinski definition) is 2. The van der Waals surface area contributed by atoms with Crippen LogP contribution in [0.15, 0.2) is 12.1 Å². The molecule has 4 nitrogen and oxygen atoms in total. The second-order valence-corrected chi connectivity index (χ2v) is 7.76. The van der Waals surface area contributed by atoms with Gasteiger partial charge in [0.1, 0.15) is 16.9 Å². The molecule has 6 heteroatoms. The van der Waals surface area contributed by atoms with E-state index in [0.29, 0.717) is 3.57 Å². The van der Waals surface area contributed by atoms with E-state index in [1.807, 2.05) is 28.7 Å². The Morgan fingerprint density at radius 3 is 2.67 bits per heavy atom. The molecule has 0 atom stereocenters. The van der Waals surface area contributed by atoms with E-state index in [1.165, 1.54) is 0 Å². The molecule has 1 aliphatic rings. The molecule has 2 rings (SSSR count). The van der Waals surface area contributed by atoms with Gasteiger partial charge in [-0.25, -0.2) is 4.79 Å². The fraction of sp³-hybridized carbons (Fsp3) is 0.533. The zero-order valence-electron chi connectivity index (χ0n) is 11.9. The van der Waals surface area contributed by atoms with Crippen molar-refractivity contribution >= 4 is 51.2 Å². The molecule has 0 spiro atoms. The Hall–Kier alpha value is -0.0900. The molecule has 0 radical (unpaired) electrons. The molecule has 1 fully saturated rings. The number of aromatic hydroxyl groups is 1. The third kappa shape index (κ3) is 4.22. The Balaban J connectivity index is 2.23. The predicted molar refractivity (Wildman–Crippen MR) is 98.7 cm³/mol. The number of phenols is 1. The Bertz CT molecular complexity index is 522. The third-order valence-electron chi connectivity index (χ3n) is 3.78. The number of nitrogens with one attached hydrogen (secondary N) is 1. The van der Waals surface area contributed by atoms with E-state index in [2.05, 4.69) is 34.8 Å². The first-order chi connectivity index (χ1) is 9.97. The van der Waals surface area contributed by atoms with E-state index >= 15 is 0 Å². The minimum atomic E-state index is -0.417. The fourth-order valence-electron chi connectivity index (χ4n) is 2.71. The van der Waals surface area contributed by atoms with Crippen molar-refractivity contribution < 1.29 is 14.6 Å². The van der Waals surface area contributed by atoms with Gasteiger partial charge in [0.05, 0.1) is 3.57 Å². The van der Waals surface area contributed by atoms with Crippen LogP contribution in [0.4, 0.5) is 0 Å². The third-order valence-corrected chi connectivity index (χ3v) is 5.22. The van der Waals surface area contributed by atoms with E-state index in [0.717, 1.165) is 42.3 Å². The van der Waals surface area contributed by atoms with Gasteiger partial charge in [-0.3, -0.25) is 0 Å². The van der Waals surface area contributed by atoms with E-state index in [4.69, 9.17) is 4.74 Å². The topological polar surface area (TPSA) is 58.6 Å². The van der Waals surface area contributed by atoms with E-state index in [-0.39, 0.29) is 11.3 Å². The molecule has 1 aliphatic heterocycles. The summed E-state index contributed by atoms with van der Waals surface area (Å²) in [4.78, 5) is 12.5. The average Bonchev–Trinajstić information content (AvgIpc) is 2.43. The summed E-state index contributed by atoms with van der Waals surface area (Å²) in [7, 11) is 0. The van der Waals surface area contributed by atoms with Crippen LogP contribution in [-0.4, -0.2) is 29.8 Å². The Morgan fingerprint density at radius 2 is 2.05 bits per heavy atom. The number of piperidine rings is 1. The molecule has 0 saturated carbocycles. The zero-order chi connectivity index (χ0) is 15.5. The lowest BCUT2D eigenvalue weighted by molar-refractivity contribution is -0.0391. The second-order valence-electron chi connectivity index (χ2n) is 5.36. The molecule has 2 N–H and O–H groups in total. The molecule has 1 aromatic rings. The standard InChI is InChI=1S/C15H19I2NO3/c1-2-3-15(4-6-18-7-5-15)21-14(20)11-8-10(16)9-12(17)13(11)19/h8-9,18-19H,2-7H2,1H3. The van der Waals surface area contributed by atoms with Crippen molar-refractivity contribution in [3.05, 3.63) is 24.8 Å². The second kappa shape index (κ2) is 7.45. The van der Waals surface area contributed by atoms with Crippen LogP contribution in [-0.2, 0) is 4.74 Å². The van der Waals surface area contributed by atoms with Gasteiger partial charge in [-0.15, -0.1) is 0 Å². The largest absolute Gasteiger partial charge is 0.506 e. The molecule has 0 amide bonds. The van der Waals surface area contributed by atoms with E-state index in [9.17, 15) is 9.90 Å². The van der Waals surface area contributed by atoms with E-state index < -0.39 is 11.6 Å². The minimum absolute atomic E-state index is 0.0154. The molecule has 0 unspecified atom stereocenters. The molecule has 0 bridgehead atoms. The van der Waals surface area contributed by atoms with Crippen molar-refractivity contribution in [2.24, 2.45) is 0 Å². The van der Waals surface area contributed by atoms with Gasteiger partial charge in [-0.2, -0.15) is 0 Å². The average molecular weight is 515 g/mol. The smallest absolute Gasteiger partial charge is 0.342 e. The summed E-state index contributed by atoms with van der Waals surface area (Å²) < 4.78 is 7.43. The monoisotopic (exact) mass is 515 g/mol. The molecule has 1 heterocycles. The maximum Gasteiger partial charge on any atom is 0.342 e. The SMILES string of the molecule is CCCC1(OC(=O)c2cc(I)cc(I)c2O)CCNCC1. The highest BCUT2D eigenvalue weighted by molar-refractivity contribution is 14.1. The van der Waals surface area contributed by atoms with Gasteiger partial charge in [-0.1, -0.05) is 13.3 Å². The summed E-state index contributed by atoms with van der Waals surface area (Å²) in [5.41, 5.74) is -0.128. The lowest BCUT2D eigenvalue weighted by atomic mass is 9.87. The molecule has 116 valence electrons. The van der Waals surface area contributed by atoms with Gasteiger partial charge in [0.25, 0.3) is 0 Å². The zero-order valence-corrected chi connectivity index (χ0v) is 16.2.